The summed E-state index contributed by atoms with van der Waals surface area (Å²) in [6, 6.07) is 9.98. The van der Waals surface area contributed by atoms with E-state index in [9.17, 15) is 4.79 Å². The number of hydrogen-bond acceptors (Lipinski definition) is 2. The molecule has 0 aliphatic rings. The van der Waals surface area contributed by atoms with Crippen LogP contribution in [0, 0.1) is 13.8 Å². The standard InChI is InChI=1S/C16H19NO2/c1-4-15(13-7-5-11(2)6-8-13)17-16(18)14-9-10-19-12(14)3/h5-10,15H,4H2,1-3H3,(H,17,18)/t15-/m1/s1. The minimum atomic E-state index is -0.0846. The van der Waals surface area contributed by atoms with Gasteiger partial charge < -0.3 is 9.73 Å². The Hall–Kier alpha value is -2.03. The quantitative estimate of drug-likeness (QED) is 0.905. The predicted molar refractivity (Wildman–Crippen MR) is 75.1 cm³/mol. The van der Waals surface area contributed by atoms with Crippen molar-refractivity contribution in [3.05, 3.63) is 59.0 Å². The van der Waals surface area contributed by atoms with Crippen LogP contribution in [0.5, 0.6) is 0 Å². The number of carbonyl (C=O) groups is 1. The van der Waals surface area contributed by atoms with Crippen LogP contribution in [0.15, 0.2) is 41.0 Å². The third kappa shape index (κ3) is 3.05. The van der Waals surface area contributed by atoms with Crippen LogP contribution in [0.4, 0.5) is 0 Å². The van der Waals surface area contributed by atoms with E-state index in [4.69, 9.17) is 4.42 Å². The number of hydrogen-bond donors (Lipinski definition) is 1. The Morgan fingerprint density at radius 3 is 2.42 bits per heavy atom. The van der Waals surface area contributed by atoms with Crippen molar-refractivity contribution >= 4 is 5.91 Å². The van der Waals surface area contributed by atoms with E-state index in [2.05, 4.69) is 43.4 Å². The number of carbonyl (C=O) groups excluding carboxylic acids is 1. The van der Waals surface area contributed by atoms with Gasteiger partial charge in [-0.05, 0) is 31.9 Å². The molecule has 0 saturated carbocycles. The summed E-state index contributed by atoms with van der Waals surface area (Å²) in [6.45, 7) is 5.91. The zero-order valence-corrected chi connectivity index (χ0v) is 11.6. The Labute approximate surface area is 113 Å². The van der Waals surface area contributed by atoms with Crippen molar-refractivity contribution in [1.82, 2.24) is 5.32 Å². The zero-order chi connectivity index (χ0) is 13.8. The molecule has 2 aromatic rings. The number of nitrogens with one attached hydrogen (secondary N) is 1. The topological polar surface area (TPSA) is 42.2 Å². The molecule has 0 aliphatic carbocycles. The maximum Gasteiger partial charge on any atom is 0.255 e. The van der Waals surface area contributed by atoms with Crippen LogP contribution in [-0.2, 0) is 0 Å². The largest absolute Gasteiger partial charge is 0.469 e. The summed E-state index contributed by atoms with van der Waals surface area (Å²) in [7, 11) is 0. The lowest BCUT2D eigenvalue weighted by molar-refractivity contribution is 0.0934. The van der Waals surface area contributed by atoms with Gasteiger partial charge in [0, 0.05) is 0 Å². The molecule has 19 heavy (non-hydrogen) atoms. The minimum absolute atomic E-state index is 0.0300. The second-order valence-corrected chi connectivity index (χ2v) is 4.74. The average molecular weight is 257 g/mol. The van der Waals surface area contributed by atoms with Gasteiger partial charge in [0.05, 0.1) is 17.9 Å². The first-order chi connectivity index (χ1) is 9.11. The summed E-state index contributed by atoms with van der Waals surface area (Å²) in [5.41, 5.74) is 2.95. The van der Waals surface area contributed by atoms with Crippen molar-refractivity contribution in [1.29, 1.82) is 0 Å². The number of aryl methyl sites for hydroxylation is 2. The van der Waals surface area contributed by atoms with Crippen molar-refractivity contribution in [2.24, 2.45) is 0 Å². The van der Waals surface area contributed by atoms with E-state index in [1.165, 1.54) is 11.8 Å². The first-order valence-electron chi connectivity index (χ1n) is 6.53. The van der Waals surface area contributed by atoms with Gasteiger partial charge in [-0.25, -0.2) is 0 Å². The van der Waals surface area contributed by atoms with Gasteiger partial charge in [0.15, 0.2) is 0 Å². The van der Waals surface area contributed by atoms with Crippen molar-refractivity contribution in [2.45, 2.75) is 33.2 Å². The minimum Gasteiger partial charge on any atom is -0.469 e. The van der Waals surface area contributed by atoms with Crippen LogP contribution < -0.4 is 5.32 Å². The van der Waals surface area contributed by atoms with Crippen molar-refractivity contribution in [2.75, 3.05) is 0 Å². The average Bonchev–Trinajstić information content (AvgIpc) is 2.83. The molecular weight excluding hydrogens is 238 g/mol. The fourth-order valence-electron chi connectivity index (χ4n) is 2.08. The molecule has 1 aromatic carbocycles. The zero-order valence-electron chi connectivity index (χ0n) is 11.6. The number of benzene rings is 1. The molecule has 0 radical (unpaired) electrons. The van der Waals surface area contributed by atoms with E-state index in [-0.39, 0.29) is 11.9 Å². The molecule has 3 heteroatoms. The molecule has 0 aliphatic heterocycles. The third-order valence-electron chi connectivity index (χ3n) is 3.30. The molecule has 1 N–H and O–H groups in total. The molecule has 1 amide bonds. The molecule has 3 nitrogen and oxygen atoms in total. The van der Waals surface area contributed by atoms with Crippen LogP contribution in [0.1, 0.15) is 46.6 Å². The predicted octanol–water partition coefficient (Wildman–Crippen LogP) is 3.78. The molecule has 2 rings (SSSR count). The van der Waals surface area contributed by atoms with Gasteiger partial charge in [0.25, 0.3) is 5.91 Å². The molecule has 0 fully saturated rings. The highest BCUT2D eigenvalue weighted by atomic mass is 16.3. The fraction of sp³-hybridized carbons (Fsp3) is 0.312. The highest BCUT2D eigenvalue weighted by Crippen LogP contribution is 2.18. The van der Waals surface area contributed by atoms with E-state index >= 15 is 0 Å². The number of furan rings is 1. The summed E-state index contributed by atoms with van der Waals surface area (Å²) >= 11 is 0. The summed E-state index contributed by atoms with van der Waals surface area (Å²) in [6.07, 6.45) is 2.39. The van der Waals surface area contributed by atoms with Crippen LogP contribution >= 0.6 is 0 Å². The molecule has 1 heterocycles. The Morgan fingerprint density at radius 2 is 1.89 bits per heavy atom. The van der Waals surface area contributed by atoms with Crippen LogP contribution in [0.2, 0.25) is 0 Å². The number of amides is 1. The smallest absolute Gasteiger partial charge is 0.255 e. The lowest BCUT2D eigenvalue weighted by Crippen LogP contribution is -2.28. The molecule has 1 atom stereocenters. The maximum atomic E-state index is 12.2. The molecule has 0 unspecified atom stereocenters. The van der Waals surface area contributed by atoms with Crippen LogP contribution in [0.3, 0.4) is 0 Å². The SMILES string of the molecule is CC[C@@H](NC(=O)c1ccoc1C)c1ccc(C)cc1. The van der Waals surface area contributed by atoms with E-state index in [1.54, 1.807) is 13.0 Å². The summed E-state index contributed by atoms with van der Waals surface area (Å²) < 4.78 is 5.16. The van der Waals surface area contributed by atoms with E-state index in [1.807, 2.05) is 0 Å². The van der Waals surface area contributed by atoms with E-state index in [0.717, 1.165) is 12.0 Å². The Bertz CT molecular complexity index is 554. The molecule has 1 aromatic heterocycles. The summed E-state index contributed by atoms with van der Waals surface area (Å²) in [4.78, 5) is 12.2. The number of rotatable bonds is 4. The van der Waals surface area contributed by atoms with E-state index in [0.29, 0.717) is 11.3 Å². The Morgan fingerprint density at radius 1 is 1.21 bits per heavy atom. The Kier molecular flexibility index (Phi) is 4.05. The van der Waals surface area contributed by atoms with Crippen molar-refractivity contribution < 1.29 is 9.21 Å². The Balaban J connectivity index is 2.13. The van der Waals surface area contributed by atoms with Gasteiger partial charge in [-0.2, -0.15) is 0 Å². The van der Waals surface area contributed by atoms with Crippen LogP contribution in [0.25, 0.3) is 0 Å². The van der Waals surface area contributed by atoms with Gasteiger partial charge in [-0.15, -0.1) is 0 Å². The fourth-order valence-corrected chi connectivity index (χ4v) is 2.08. The molecule has 0 spiro atoms. The van der Waals surface area contributed by atoms with Gasteiger partial charge in [0.1, 0.15) is 5.76 Å². The summed E-state index contributed by atoms with van der Waals surface area (Å²) in [5.74, 6) is 0.565. The maximum absolute atomic E-state index is 12.2. The molecule has 100 valence electrons. The van der Waals surface area contributed by atoms with Gasteiger partial charge in [-0.3, -0.25) is 4.79 Å². The molecule has 0 saturated heterocycles. The lowest BCUT2D eigenvalue weighted by atomic mass is 10.0. The second kappa shape index (κ2) is 5.74. The van der Waals surface area contributed by atoms with Crippen LogP contribution in [-0.4, -0.2) is 5.91 Å². The molecular formula is C16H19NO2. The summed E-state index contributed by atoms with van der Waals surface area (Å²) in [5, 5.41) is 3.05. The lowest BCUT2D eigenvalue weighted by Gasteiger charge is -2.17. The second-order valence-electron chi connectivity index (χ2n) is 4.74. The first-order valence-corrected chi connectivity index (χ1v) is 6.53. The highest BCUT2D eigenvalue weighted by Gasteiger charge is 2.16. The van der Waals surface area contributed by atoms with Crippen molar-refractivity contribution in [3.8, 4) is 0 Å². The third-order valence-corrected chi connectivity index (χ3v) is 3.30. The van der Waals surface area contributed by atoms with Gasteiger partial charge >= 0.3 is 0 Å². The molecule has 0 bridgehead atoms. The van der Waals surface area contributed by atoms with Crippen molar-refractivity contribution in [3.63, 3.8) is 0 Å². The highest BCUT2D eigenvalue weighted by molar-refractivity contribution is 5.95. The first kappa shape index (κ1) is 13.4. The normalized spacial score (nSPS) is 12.2. The van der Waals surface area contributed by atoms with Gasteiger partial charge in [0.2, 0.25) is 0 Å². The van der Waals surface area contributed by atoms with Gasteiger partial charge in [-0.1, -0.05) is 36.8 Å². The monoisotopic (exact) mass is 257 g/mol. The van der Waals surface area contributed by atoms with E-state index < -0.39 is 0 Å².